The van der Waals surface area contributed by atoms with Crippen LogP contribution in [0.5, 0.6) is 0 Å². The summed E-state index contributed by atoms with van der Waals surface area (Å²) in [6, 6.07) is 20.3. The van der Waals surface area contributed by atoms with Crippen LogP contribution < -0.4 is 0 Å². The molecular formula is C19H16O2. The summed E-state index contributed by atoms with van der Waals surface area (Å²) in [6.07, 6.45) is 0. The van der Waals surface area contributed by atoms with E-state index in [2.05, 4.69) is 43.3 Å². The summed E-state index contributed by atoms with van der Waals surface area (Å²) in [6.45, 7) is 2.09. The predicted molar refractivity (Wildman–Crippen MR) is 85.5 cm³/mol. The van der Waals surface area contributed by atoms with E-state index in [-0.39, 0.29) is 5.97 Å². The van der Waals surface area contributed by atoms with Crippen molar-refractivity contribution in [2.24, 2.45) is 0 Å². The van der Waals surface area contributed by atoms with Gasteiger partial charge in [0.05, 0.1) is 12.7 Å². The summed E-state index contributed by atoms with van der Waals surface area (Å²) < 4.78 is 4.75. The van der Waals surface area contributed by atoms with Crippen LogP contribution in [-0.4, -0.2) is 13.1 Å². The highest BCUT2D eigenvalue weighted by Crippen LogP contribution is 2.26. The molecule has 104 valence electrons. The van der Waals surface area contributed by atoms with E-state index in [0.29, 0.717) is 5.56 Å². The molecule has 2 nitrogen and oxygen atoms in total. The summed E-state index contributed by atoms with van der Waals surface area (Å²) in [5.41, 5.74) is 4.20. The Bertz CT molecular complexity index is 819. The Kier molecular flexibility index (Phi) is 3.44. The highest BCUT2D eigenvalue weighted by molar-refractivity contribution is 5.96. The molecule has 0 amide bonds. The van der Waals surface area contributed by atoms with Crippen molar-refractivity contribution in [3.63, 3.8) is 0 Å². The van der Waals surface area contributed by atoms with Crippen LogP contribution >= 0.6 is 0 Å². The number of fused-ring (bicyclic) bond motifs is 1. The monoisotopic (exact) mass is 276 g/mol. The number of ether oxygens (including phenoxy) is 1. The molecule has 0 spiro atoms. The molecular weight excluding hydrogens is 260 g/mol. The maximum absolute atomic E-state index is 11.6. The van der Waals surface area contributed by atoms with E-state index in [9.17, 15) is 4.79 Å². The van der Waals surface area contributed by atoms with Gasteiger partial charge in [0.25, 0.3) is 0 Å². The van der Waals surface area contributed by atoms with Gasteiger partial charge in [0.15, 0.2) is 0 Å². The summed E-state index contributed by atoms with van der Waals surface area (Å²) in [4.78, 5) is 11.6. The molecule has 3 aromatic carbocycles. The smallest absolute Gasteiger partial charge is 0.337 e. The highest BCUT2D eigenvalue weighted by Gasteiger charge is 2.06. The second kappa shape index (κ2) is 5.41. The normalized spacial score (nSPS) is 10.6. The zero-order valence-electron chi connectivity index (χ0n) is 12.1. The van der Waals surface area contributed by atoms with Crippen LogP contribution in [0, 0.1) is 6.92 Å². The minimum absolute atomic E-state index is 0.306. The van der Waals surface area contributed by atoms with Gasteiger partial charge >= 0.3 is 5.97 Å². The van der Waals surface area contributed by atoms with Gasteiger partial charge in [-0.25, -0.2) is 4.79 Å². The lowest BCUT2D eigenvalue weighted by molar-refractivity contribution is 0.0601. The zero-order chi connectivity index (χ0) is 14.8. The van der Waals surface area contributed by atoms with E-state index in [0.717, 1.165) is 10.8 Å². The van der Waals surface area contributed by atoms with Gasteiger partial charge in [-0.15, -0.1) is 0 Å². The lowest BCUT2D eigenvalue weighted by Gasteiger charge is -2.06. The molecule has 3 aromatic rings. The third-order valence-electron chi connectivity index (χ3n) is 3.61. The molecule has 0 unspecified atom stereocenters. The zero-order valence-corrected chi connectivity index (χ0v) is 12.1. The molecule has 0 N–H and O–H groups in total. The molecule has 0 fully saturated rings. The standard InChI is InChI=1S/C19H16O2/c1-13-4-3-5-14(10-13)15-6-7-17-12-18(19(20)21-2)9-8-16(17)11-15/h3-12H,1-2H3. The topological polar surface area (TPSA) is 26.3 Å². The van der Waals surface area contributed by atoms with Crippen LogP contribution in [0.1, 0.15) is 15.9 Å². The molecule has 0 aliphatic rings. The second-order valence-corrected chi connectivity index (χ2v) is 5.14. The number of esters is 1. The Hall–Kier alpha value is -2.61. The molecule has 0 radical (unpaired) electrons. The first-order valence-corrected chi connectivity index (χ1v) is 6.86. The lowest BCUT2D eigenvalue weighted by atomic mass is 9.99. The van der Waals surface area contributed by atoms with Gasteiger partial charge in [-0.05, 0) is 47.0 Å². The van der Waals surface area contributed by atoms with Gasteiger partial charge in [0, 0.05) is 0 Å². The molecule has 0 aliphatic carbocycles. The molecule has 0 heterocycles. The summed E-state index contributed by atoms with van der Waals surface area (Å²) in [5.74, 6) is -0.306. The number of carbonyl (C=O) groups excluding carboxylic acids is 1. The first-order valence-electron chi connectivity index (χ1n) is 6.86. The van der Waals surface area contributed by atoms with Gasteiger partial charge in [0.1, 0.15) is 0 Å². The molecule has 21 heavy (non-hydrogen) atoms. The van der Waals surface area contributed by atoms with Crippen LogP contribution in [0.25, 0.3) is 21.9 Å². The summed E-state index contributed by atoms with van der Waals surface area (Å²) in [7, 11) is 1.40. The quantitative estimate of drug-likeness (QED) is 0.639. The van der Waals surface area contributed by atoms with Crippen molar-refractivity contribution in [1.82, 2.24) is 0 Å². The number of hydrogen-bond donors (Lipinski definition) is 0. The van der Waals surface area contributed by atoms with E-state index >= 15 is 0 Å². The van der Waals surface area contributed by atoms with E-state index in [4.69, 9.17) is 4.74 Å². The van der Waals surface area contributed by atoms with Crippen LogP contribution in [0.2, 0.25) is 0 Å². The second-order valence-electron chi connectivity index (χ2n) is 5.14. The van der Waals surface area contributed by atoms with Crippen LogP contribution in [0.3, 0.4) is 0 Å². The molecule has 0 atom stereocenters. The summed E-state index contributed by atoms with van der Waals surface area (Å²) in [5, 5.41) is 2.15. The lowest BCUT2D eigenvalue weighted by Crippen LogP contribution is -2.00. The predicted octanol–water partition coefficient (Wildman–Crippen LogP) is 4.60. The van der Waals surface area contributed by atoms with Gasteiger partial charge in [-0.3, -0.25) is 0 Å². The van der Waals surface area contributed by atoms with E-state index in [1.54, 1.807) is 6.07 Å². The largest absolute Gasteiger partial charge is 0.465 e. The average molecular weight is 276 g/mol. The maximum Gasteiger partial charge on any atom is 0.337 e. The Balaban J connectivity index is 2.07. The van der Waals surface area contributed by atoms with E-state index in [1.165, 1.54) is 23.8 Å². The van der Waals surface area contributed by atoms with Crippen molar-refractivity contribution < 1.29 is 9.53 Å². The van der Waals surface area contributed by atoms with Crippen molar-refractivity contribution in [3.05, 3.63) is 71.8 Å². The first-order chi connectivity index (χ1) is 10.2. The molecule has 0 saturated carbocycles. The number of carbonyl (C=O) groups is 1. The van der Waals surface area contributed by atoms with Gasteiger partial charge in [-0.2, -0.15) is 0 Å². The SMILES string of the molecule is COC(=O)c1ccc2cc(-c3cccc(C)c3)ccc2c1. The van der Waals surface area contributed by atoms with E-state index < -0.39 is 0 Å². The van der Waals surface area contributed by atoms with Gasteiger partial charge < -0.3 is 4.74 Å². The highest BCUT2D eigenvalue weighted by atomic mass is 16.5. The Labute approximate surface area is 124 Å². The number of rotatable bonds is 2. The maximum atomic E-state index is 11.6. The minimum Gasteiger partial charge on any atom is -0.465 e. The fourth-order valence-electron chi connectivity index (χ4n) is 2.49. The molecule has 0 aliphatic heterocycles. The molecule has 3 rings (SSSR count). The molecule has 2 heteroatoms. The van der Waals surface area contributed by atoms with Crippen molar-refractivity contribution in [3.8, 4) is 11.1 Å². The third-order valence-corrected chi connectivity index (χ3v) is 3.61. The van der Waals surface area contributed by atoms with E-state index in [1.807, 2.05) is 18.2 Å². The minimum atomic E-state index is -0.306. The van der Waals surface area contributed by atoms with Crippen LogP contribution in [0.4, 0.5) is 0 Å². The first kappa shape index (κ1) is 13.4. The molecule has 0 aromatic heterocycles. The number of benzene rings is 3. The third kappa shape index (κ3) is 2.65. The number of aryl methyl sites for hydroxylation is 1. The Morgan fingerprint density at radius 1 is 0.857 bits per heavy atom. The van der Waals surface area contributed by atoms with Crippen LogP contribution in [-0.2, 0) is 4.74 Å². The fraction of sp³-hybridized carbons (Fsp3) is 0.105. The van der Waals surface area contributed by atoms with Crippen molar-refractivity contribution in [2.75, 3.05) is 7.11 Å². The number of methoxy groups -OCH3 is 1. The van der Waals surface area contributed by atoms with Crippen molar-refractivity contribution in [2.45, 2.75) is 6.92 Å². The summed E-state index contributed by atoms with van der Waals surface area (Å²) >= 11 is 0. The Morgan fingerprint density at radius 3 is 2.33 bits per heavy atom. The van der Waals surface area contributed by atoms with Crippen LogP contribution in [0.15, 0.2) is 60.7 Å². The van der Waals surface area contributed by atoms with Gasteiger partial charge in [-0.1, -0.05) is 48.0 Å². The fourth-order valence-corrected chi connectivity index (χ4v) is 2.49. The average Bonchev–Trinajstić information content (AvgIpc) is 2.53. The van der Waals surface area contributed by atoms with Crippen molar-refractivity contribution in [1.29, 1.82) is 0 Å². The van der Waals surface area contributed by atoms with Gasteiger partial charge in [0.2, 0.25) is 0 Å². The number of hydrogen-bond acceptors (Lipinski definition) is 2. The molecule has 0 bridgehead atoms. The molecule has 0 saturated heterocycles. The Morgan fingerprint density at radius 2 is 1.57 bits per heavy atom. The van der Waals surface area contributed by atoms with Crippen molar-refractivity contribution >= 4 is 16.7 Å².